The Balaban J connectivity index is 2.44. The lowest BCUT2D eigenvalue weighted by molar-refractivity contribution is 0.785. The summed E-state index contributed by atoms with van der Waals surface area (Å²) in [6.07, 6.45) is 0. The van der Waals surface area contributed by atoms with Crippen molar-refractivity contribution in [3.8, 4) is 10.7 Å². The normalized spacial score (nSPS) is 10.6. The Morgan fingerprint density at radius 2 is 2.38 bits per heavy atom. The van der Waals surface area contributed by atoms with E-state index in [1.165, 1.54) is 17.4 Å². The van der Waals surface area contributed by atoms with E-state index in [2.05, 4.69) is 31.2 Å². The maximum absolute atomic E-state index is 11.4. The van der Waals surface area contributed by atoms with Crippen molar-refractivity contribution in [2.75, 3.05) is 7.05 Å². The lowest BCUT2D eigenvalue weighted by Crippen LogP contribution is -2.14. The highest BCUT2D eigenvalue weighted by Gasteiger charge is 2.05. The summed E-state index contributed by atoms with van der Waals surface area (Å²) < 4.78 is 0.995. The van der Waals surface area contributed by atoms with Gasteiger partial charge in [0.1, 0.15) is 0 Å². The second-order valence-corrected chi connectivity index (χ2v) is 5.07. The molecular formula is C10H10BrN3OS. The molecule has 4 nitrogen and oxygen atoms in total. The van der Waals surface area contributed by atoms with Crippen molar-refractivity contribution in [3.63, 3.8) is 0 Å². The zero-order valence-corrected chi connectivity index (χ0v) is 11.0. The highest BCUT2D eigenvalue weighted by Crippen LogP contribution is 2.26. The summed E-state index contributed by atoms with van der Waals surface area (Å²) in [7, 11) is 1.82. The maximum Gasteiger partial charge on any atom is 0.251 e. The van der Waals surface area contributed by atoms with Crippen LogP contribution in [0.4, 0.5) is 0 Å². The molecule has 0 unspecified atom stereocenters. The summed E-state index contributed by atoms with van der Waals surface area (Å²) >= 11 is 4.91. The van der Waals surface area contributed by atoms with E-state index in [0.717, 1.165) is 15.0 Å². The first-order chi connectivity index (χ1) is 7.69. The van der Waals surface area contributed by atoms with Crippen molar-refractivity contribution in [2.24, 2.45) is 0 Å². The Bertz CT molecular complexity index is 549. The van der Waals surface area contributed by atoms with E-state index in [9.17, 15) is 4.79 Å². The van der Waals surface area contributed by atoms with Gasteiger partial charge in [-0.3, -0.25) is 4.79 Å². The molecule has 0 spiro atoms. The first kappa shape index (κ1) is 11.5. The van der Waals surface area contributed by atoms with Gasteiger partial charge in [-0.25, -0.2) is 4.98 Å². The summed E-state index contributed by atoms with van der Waals surface area (Å²) in [4.78, 5) is 19.5. The molecule has 0 aliphatic rings. The summed E-state index contributed by atoms with van der Waals surface area (Å²) in [5.41, 5.74) is 0.616. The van der Waals surface area contributed by atoms with Crippen LogP contribution in [0.3, 0.4) is 0 Å². The van der Waals surface area contributed by atoms with E-state index in [1.807, 2.05) is 18.5 Å². The van der Waals surface area contributed by atoms with Crippen LogP contribution in [0, 0.1) is 0 Å². The minimum absolute atomic E-state index is 0.125. The Hall–Kier alpha value is -0.980. The second kappa shape index (κ2) is 4.90. The first-order valence-electron chi connectivity index (χ1n) is 4.68. The van der Waals surface area contributed by atoms with Crippen molar-refractivity contribution >= 4 is 27.3 Å². The molecule has 0 saturated carbocycles. The van der Waals surface area contributed by atoms with Gasteiger partial charge in [-0.05, 0) is 29.0 Å². The number of halogens is 1. The van der Waals surface area contributed by atoms with Crippen LogP contribution >= 0.6 is 27.3 Å². The van der Waals surface area contributed by atoms with Crippen molar-refractivity contribution in [2.45, 2.75) is 6.54 Å². The maximum atomic E-state index is 11.4. The number of aromatic nitrogens is 2. The fourth-order valence-corrected chi connectivity index (χ4v) is 2.71. The molecule has 0 fully saturated rings. The van der Waals surface area contributed by atoms with E-state index >= 15 is 0 Å². The van der Waals surface area contributed by atoms with Gasteiger partial charge in [0, 0.05) is 22.5 Å². The second-order valence-electron chi connectivity index (χ2n) is 3.24. The van der Waals surface area contributed by atoms with Crippen LogP contribution < -0.4 is 10.9 Å². The average molecular weight is 300 g/mol. The van der Waals surface area contributed by atoms with Crippen LogP contribution in [0.5, 0.6) is 0 Å². The molecule has 0 aliphatic heterocycles. The predicted molar refractivity (Wildman–Crippen MR) is 68.6 cm³/mol. The Kier molecular flexibility index (Phi) is 3.52. The lowest BCUT2D eigenvalue weighted by Gasteiger charge is -2.01. The zero-order chi connectivity index (χ0) is 11.5. The molecule has 0 radical (unpaired) electrons. The monoisotopic (exact) mass is 299 g/mol. The van der Waals surface area contributed by atoms with E-state index < -0.39 is 0 Å². The van der Waals surface area contributed by atoms with E-state index in [0.29, 0.717) is 12.4 Å². The number of nitrogens with zero attached hydrogens (tertiary/aromatic N) is 1. The molecule has 2 aromatic rings. The third kappa shape index (κ3) is 2.58. The van der Waals surface area contributed by atoms with Crippen molar-refractivity contribution in [1.29, 1.82) is 0 Å². The molecule has 0 bridgehead atoms. The number of nitrogens with one attached hydrogen (secondary N) is 2. The number of rotatable bonds is 3. The SMILES string of the molecule is CNCc1cc(=O)[nH]c(-c2cc(Br)cs2)n1. The number of H-pyrrole nitrogens is 1. The van der Waals surface area contributed by atoms with Gasteiger partial charge in [0.2, 0.25) is 0 Å². The predicted octanol–water partition coefficient (Wildman–Crippen LogP) is 1.98. The third-order valence-corrected chi connectivity index (χ3v) is 3.65. The molecule has 16 heavy (non-hydrogen) atoms. The van der Waals surface area contributed by atoms with Gasteiger partial charge in [0.15, 0.2) is 5.82 Å². The Morgan fingerprint density at radius 3 is 3.00 bits per heavy atom. The molecule has 2 N–H and O–H groups in total. The van der Waals surface area contributed by atoms with Gasteiger partial charge in [-0.15, -0.1) is 11.3 Å². The topological polar surface area (TPSA) is 57.8 Å². The van der Waals surface area contributed by atoms with E-state index in [4.69, 9.17) is 0 Å². The first-order valence-corrected chi connectivity index (χ1v) is 6.35. The van der Waals surface area contributed by atoms with Gasteiger partial charge in [0.05, 0.1) is 10.6 Å². The lowest BCUT2D eigenvalue weighted by atomic mass is 10.3. The van der Waals surface area contributed by atoms with E-state index in [-0.39, 0.29) is 5.56 Å². The van der Waals surface area contributed by atoms with Gasteiger partial charge in [-0.1, -0.05) is 0 Å². The number of thiophene rings is 1. The fourth-order valence-electron chi connectivity index (χ4n) is 1.33. The highest BCUT2D eigenvalue weighted by molar-refractivity contribution is 9.10. The summed E-state index contributed by atoms with van der Waals surface area (Å²) in [6.45, 7) is 0.587. The minimum atomic E-state index is -0.125. The summed E-state index contributed by atoms with van der Waals surface area (Å²) in [5, 5.41) is 4.93. The van der Waals surface area contributed by atoms with Gasteiger partial charge in [-0.2, -0.15) is 0 Å². The highest BCUT2D eigenvalue weighted by atomic mass is 79.9. The van der Waals surface area contributed by atoms with Crippen LogP contribution in [0.25, 0.3) is 10.7 Å². The molecule has 6 heteroatoms. The fraction of sp³-hybridized carbons (Fsp3) is 0.200. The molecular weight excluding hydrogens is 290 g/mol. The molecule has 2 aromatic heterocycles. The molecule has 2 rings (SSSR count). The van der Waals surface area contributed by atoms with E-state index in [1.54, 1.807) is 0 Å². The Morgan fingerprint density at radius 1 is 1.56 bits per heavy atom. The van der Waals surface area contributed by atoms with Crippen LogP contribution in [-0.2, 0) is 6.54 Å². The molecule has 0 aliphatic carbocycles. The summed E-state index contributed by atoms with van der Waals surface area (Å²) in [5.74, 6) is 0.619. The van der Waals surface area contributed by atoms with Gasteiger partial charge in [0.25, 0.3) is 5.56 Å². The number of aromatic amines is 1. The van der Waals surface area contributed by atoms with Crippen molar-refractivity contribution < 1.29 is 0 Å². The third-order valence-electron chi connectivity index (χ3n) is 1.95. The zero-order valence-electron chi connectivity index (χ0n) is 8.58. The largest absolute Gasteiger partial charge is 0.314 e. The van der Waals surface area contributed by atoms with Crippen LogP contribution in [0.15, 0.2) is 26.8 Å². The van der Waals surface area contributed by atoms with Crippen LogP contribution in [0.2, 0.25) is 0 Å². The molecule has 0 saturated heterocycles. The van der Waals surface area contributed by atoms with Gasteiger partial charge >= 0.3 is 0 Å². The van der Waals surface area contributed by atoms with Gasteiger partial charge < -0.3 is 10.3 Å². The number of hydrogen-bond acceptors (Lipinski definition) is 4. The minimum Gasteiger partial charge on any atom is -0.314 e. The van der Waals surface area contributed by atoms with Crippen molar-refractivity contribution in [1.82, 2.24) is 15.3 Å². The summed E-state index contributed by atoms with van der Waals surface area (Å²) in [6, 6.07) is 3.44. The Labute approximate surface area is 105 Å². The average Bonchev–Trinajstić information content (AvgIpc) is 2.64. The molecule has 2 heterocycles. The smallest absolute Gasteiger partial charge is 0.251 e. The molecule has 0 amide bonds. The van der Waals surface area contributed by atoms with Crippen LogP contribution in [-0.4, -0.2) is 17.0 Å². The molecule has 0 aromatic carbocycles. The quantitative estimate of drug-likeness (QED) is 0.911. The molecule has 84 valence electrons. The van der Waals surface area contributed by atoms with Crippen LogP contribution in [0.1, 0.15) is 5.69 Å². The van der Waals surface area contributed by atoms with Crippen molar-refractivity contribution in [3.05, 3.63) is 38.0 Å². The number of hydrogen-bond donors (Lipinski definition) is 2. The molecule has 0 atom stereocenters. The standard InChI is InChI=1S/C10H10BrN3OS/c1-12-4-7-3-9(15)14-10(13-7)8-2-6(11)5-16-8/h2-3,5,12H,4H2,1H3,(H,13,14,15).